The van der Waals surface area contributed by atoms with Crippen molar-refractivity contribution >= 4 is 24.0 Å². The second kappa shape index (κ2) is 5.66. The van der Waals surface area contributed by atoms with Gasteiger partial charge in [-0.15, -0.1) is 12.4 Å². The zero-order chi connectivity index (χ0) is 9.97. The number of hydrogen-bond acceptors (Lipinski definition) is 2. The van der Waals surface area contributed by atoms with Crippen LogP contribution < -0.4 is 5.32 Å². The van der Waals surface area contributed by atoms with Crippen molar-refractivity contribution in [3.05, 3.63) is 34.6 Å². The maximum Gasteiger partial charge on any atom is 0.142 e. The molecule has 1 saturated heterocycles. The molecule has 0 bridgehead atoms. The number of nitrogens with one attached hydrogen (secondary N) is 1. The quantitative estimate of drug-likeness (QED) is 0.829. The summed E-state index contributed by atoms with van der Waals surface area (Å²) in [6.07, 6.45) is 0. The van der Waals surface area contributed by atoms with Crippen molar-refractivity contribution in [2.24, 2.45) is 0 Å². The van der Waals surface area contributed by atoms with Crippen LogP contribution in [0.25, 0.3) is 0 Å². The topological polar surface area (TPSA) is 21.3 Å². The SMILES string of the molecule is Cl.Fc1cc([C@@H]2COCCN2)ccc1Cl. The monoisotopic (exact) mass is 251 g/mol. The molecule has 1 aliphatic heterocycles. The van der Waals surface area contributed by atoms with E-state index in [2.05, 4.69) is 5.32 Å². The highest BCUT2D eigenvalue weighted by molar-refractivity contribution is 6.30. The third-order valence-corrected chi connectivity index (χ3v) is 2.57. The van der Waals surface area contributed by atoms with Gasteiger partial charge >= 0.3 is 0 Å². The van der Waals surface area contributed by atoms with Crippen molar-refractivity contribution in [2.45, 2.75) is 6.04 Å². The lowest BCUT2D eigenvalue weighted by Crippen LogP contribution is -2.34. The van der Waals surface area contributed by atoms with Crippen LogP contribution in [0.5, 0.6) is 0 Å². The second-order valence-corrected chi connectivity index (χ2v) is 3.66. The fraction of sp³-hybridized carbons (Fsp3) is 0.400. The highest BCUT2D eigenvalue weighted by atomic mass is 35.5. The molecule has 2 nitrogen and oxygen atoms in total. The van der Waals surface area contributed by atoms with Crippen molar-refractivity contribution < 1.29 is 9.13 Å². The lowest BCUT2D eigenvalue weighted by atomic mass is 10.1. The molecule has 1 atom stereocenters. The van der Waals surface area contributed by atoms with E-state index in [9.17, 15) is 4.39 Å². The van der Waals surface area contributed by atoms with Crippen molar-refractivity contribution in [1.29, 1.82) is 0 Å². The summed E-state index contributed by atoms with van der Waals surface area (Å²) < 4.78 is 18.4. The maximum atomic E-state index is 13.1. The van der Waals surface area contributed by atoms with Crippen LogP contribution in [0.15, 0.2) is 18.2 Å². The van der Waals surface area contributed by atoms with Gasteiger partial charge in [-0.05, 0) is 17.7 Å². The summed E-state index contributed by atoms with van der Waals surface area (Å²) in [6, 6.07) is 4.92. The normalized spacial score (nSPS) is 20.8. The Balaban J connectivity index is 0.00000112. The molecule has 1 aromatic carbocycles. The summed E-state index contributed by atoms with van der Waals surface area (Å²) in [6.45, 7) is 2.10. The number of rotatable bonds is 1. The largest absolute Gasteiger partial charge is 0.378 e. The molecule has 0 amide bonds. The first-order valence-corrected chi connectivity index (χ1v) is 4.91. The van der Waals surface area contributed by atoms with E-state index in [1.54, 1.807) is 6.07 Å². The van der Waals surface area contributed by atoms with Crippen molar-refractivity contribution in [3.8, 4) is 0 Å². The van der Waals surface area contributed by atoms with Crippen molar-refractivity contribution in [2.75, 3.05) is 19.8 Å². The molecule has 84 valence electrons. The molecule has 1 heterocycles. The summed E-state index contributed by atoms with van der Waals surface area (Å²) in [7, 11) is 0. The molecule has 0 spiro atoms. The summed E-state index contributed by atoms with van der Waals surface area (Å²) >= 11 is 5.59. The zero-order valence-corrected chi connectivity index (χ0v) is 9.58. The van der Waals surface area contributed by atoms with Gasteiger partial charge in [-0.25, -0.2) is 4.39 Å². The maximum absolute atomic E-state index is 13.1. The van der Waals surface area contributed by atoms with E-state index >= 15 is 0 Å². The minimum atomic E-state index is -0.378. The van der Waals surface area contributed by atoms with Crippen LogP contribution in [0.4, 0.5) is 4.39 Å². The number of hydrogen-bond donors (Lipinski definition) is 1. The Labute approximate surface area is 99.2 Å². The minimum Gasteiger partial charge on any atom is -0.378 e. The van der Waals surface area contributed by atoms with Gasteiger partial charge in [-0.1, -0.05) is 17.7 Å². The number of morpholine rings is 1. The molecule has 1 aliphatic rings. The fourth-order valence-corrected chi connectivity index (χ4v) is 1.63. The van der Waals surface area contributed by atoms with Crippen LogP contribution in [0.2, 0.25) is 5.02 Å². The molecule has 0 aromatic heterocycles. The molecule has 15 heavy (non-hydrogen) atoms. The number of ether oxygens (including phenoxy) is 1. The number of benzene rings is 1. The molecular weight excluding hydrogens is 240 g/mol. The molecule has 1 fully saturated rings. The third-order valence-electron chi connectivity index (χ3n) is 2.27. The Morgan fingerprint density at radius 3 is 2.87 bits per heavy atom. The second-order valence-electron chi connectivity index (χ2n) is 3.26. The average Bonchev–Trinajstić information content (AvgIpc) is 2.23. The van der Waals surface area contributed by atoms with E-state index in [0.717, 1.165) is 12.1 Å². The predicted octanol–water partition coefficient (Wildman–Crippen LogP) is 2.56. The van der Waals surface area contributed by atoms with Gasteiger partial charge in [-0.2, -0.15) is 0 Å². The Morgan fingerprint density at radius 1 is 1.47 bits per heavy atom. The summed E-state index contributed by atoms with van der Waals surface area (Å²) in [5, 5.41) is 3.41. The van der Waals surface area contributed by atoms with Crippen LogP contribution in [0, 0.1) is 5.82 Å². The van der Waals surface area contributed by atoms with Crippen LogP contribution in [-0.2, 0) is 4.74 Å². The molecule has 5 heteroatoms. The van der Waals surface area contributed by atoms with Gasteiger partial charge in [0.25, 0.3) is 0 Å². The summed E-state index contributed by atoms with van der Waals surface area (Å²) in [5.74, 6) is -0.378. The Hall–Kier alpha value is -0.350. The van der Waals surface area contributed by atoms with Gasteiger partial charge < -0.3 is 10.1 Å². The van der Waals surface area contributed by atoms with Crippen LogP contribution in [0.3, 0.4) is 0 Å². The molecule has 1 aromatic rings. The summed E-state index contributed by atoms with van der Waals surface area (Å²) in [5.41, 5.74) is 0.881. The molecule has 0 unspecified atom stereocenters. The number of halogens is 3. The van der Waals surface area contributed by atoms with E-state index in [-0.39, 0.29) is 29.3 Å². The lowest BCUT2D eigenvalue weighted by molar-refractivity contribution is 0.0768. The molecule has 0 saturated carbocycles. The van der Waals surface area contributed by atoms with Gasteiger partial charge in [0, 0.05) is 6.54 Å². The van der Waals surface area contributed by atoms with Gasteiger partial charge in [0.05, 0.1) is 24.3 Å². The Morgan fingerprint density at radius 2 is 2.27 bits per heavy atom. The van der Waals surface area contributed by atoms with Gasteiger partial charge in [-0.3, -0.25) is 0 Å². The predicted molar refractivity (Wildman–Crippen MR) is 60.2 cm³/mol. The van der Waals surface area contributed by atoms with E-state index < -0.39 is 0 Å². The molecule has 1 N–H and O–H groups in total. The molecular formula is C10H12Cl2FNO. The van der Waals surface area contributed by atoms with Crippen molar-refractivity contribution in [1.82, 2.24) is 5.32 Å². The van der Waals surface area contributed by atoms with E-state index in [1.807, 2.05) is 6.07 Å². The first kappa shape index (κ1) is 12.7. The van der Waals surface area contributed by atoms with Crippen molar-refractivity contribution in [3.63, 3.8) is 0 Å². The van der Waals surface area contributed by atoms with Gasteiger partial charge in [0.1, 0.15) is 5.82 Å². The van der Waals surface area contributed by atoms with Crippen LogP contribution >= 0.6 is 24.0 Å². The van der Waals surface area contributed by atoms with E-state index in [4.69, 9.17) is 16.3 Å². The average molecular weight is 252 g/mol. The fourth-order valence-electron chi connectivity index (χ4n) is 1.51. The highest BCUT2D eigenvalue weighted by Crippen LogP contribution is 2.21. The molecule has 0 radical (unpaired) electrons. The smallest absolute Gasteiger partial charge is 0.142 e. The van der Waals surface area contributed by atoms with E-state index in [0.29, 0.717) is 13.2 Å². The zero-order valence-electron chi connectivity index (χ0n) is 8.00. The van der Waals surface area contributed by atoms with Crippen LogP contribution in [0.1, 0.15) is 11.6 Å². The minimum absolute atomic E-state index is 0. The first-order valence-electron chi connectivity index (χ1n) is 4.53. The lowest BCUT2D eigenvalue weighted by Gasteiger charge is -2.24. The van der Waals surface area contributed by atoms with Crippen LogP contribution in [-0.4, -0.2) is 19.8 Å². The van der Waals surface area contributed by atoms with E-state index in [1.165, 1.54) is 6.07 Å². The molecule has 2 rings (SSSR count). The third kappa shape index (κ3) is 3.05. The Bertz CT molecular complexity index is 329. The van der Waals surface area contributed by atoms with Gasteiger partial charge in [0.2, 0.25) is 0 Å². The Kier molecular flexibility index (Phi) is 4.80. The summed E-state index contributed by atoms with van der Waals surface area (Å²) in [4.78, 5) is 0. The first-order chi connectivity index (χ1) is 6.77. The standard InChI is InChI=1S/C10H11ClFNO.ClH/c11-8-2-1-7(5-9(8)12)10-6-14-4-3-13-10;/h1-2,5,10,13H,3-4,6H2;1H/t10-;/m0./s1. The van der Waals surface area contributed by atoms with Gasteiger partial charge in [0.15, 0.2) is 0 Å². The molecule has 0 aliphatic carbocycles. The highest BCUT2D eigenvalue weighted by Gasteiger charge is 2.15.